The van der Waals surface area contributed by atoms with Crippen LogP contribution in [0.15, 0.2) is 0 Å². The molecule has 0 bridgehead atoms. The summed E-state index contributed by atoms with van der Waals surface area (Å²) in [6.07, 6.45) is 7.35. The minimum absolute atomic E-state index is 0.360. The molecule has 0 heterocycles. The van der Waals surface area contributed by atoms with Crippen LogP contribution in [0.1, 0.15) is 52.4 Å². The maximum atomic E-state index is 9.76. The third-order valence-corrected chi connectivity index (χ3v) is 4.03. The zero-order chi connectivity index (χ0) is 13.2. The number of unbranched alkanes of at least 4 members (excludes halogenated alkanes) is 1. The van der Waals surface area contributed by atoms with Crippen LogP contribution in [0.5, 0.6) is 0 Å². The van der Waals surface area contributed by atoms with Gasteiger partial charge in [0.05, 0.1) is 12.7 Å². The Balaban J connectivity index is 1.98. The SMILES string of the molecule is CCCCOCC(O)CNCC1CCCCC1C. The highest BCUT2D eigenvalue weighted by Crippen LogP contribution is 2.28. The average Bonchev–Trinajstić information content (AvgIpc) is 2.37. The monoisotopic (exact) mass is 257 g/mol. The number of hydrogen-bond acceptors (Lipinski definition) is 3. The summed E-state index contributed by atoms with van der Waals surface area (Å²) in [5, 5.41) is 13.2. The summed E-state index contributed by atoms with van der Waals surface area (Å²) >= 11 is 0. The molecule has 1 saturated carbocycles. The lowest BCUT2D eigenvalue weighted by molar-refractivity contribution is 0.0349. The molecular formula is C15H31NO2. The van der Waals surface area contributed by atoms with E-state index in [0.29, 0.717) is 13.2 Å². The molecule has 1 aliphatic rings. The van der Waals surface area contributed by atoms with E-state index >= 15 is 0 Å². The second kappa shape index (κ2) is 9.76. The lowest BCUT2D eigenvalue weighted by Crippen LogP contribution is -2.36. The van der Waals surface area contributed by atoms with E-state index < -0.39 is 0 Å². The molecule has 18 heavy (non-hydrogen) atoms. The number of nitrogens with one attached hydrogen (secondary N) is 1. The average molecular weight is 257 g/mol. The van der Waals surface area contributed by atoms with Crippen LogP contribution < -0.4 is 5.32 Å². The lowest BCUT2D eigenvalue weighted by Gasteiger charge is -2.29. The summed E-state index contributed by atoms with van der Waals surface area (Å²) in [6, 6.07) is 0. The van der Waals surface area contributed by atoms with Crippen molar-refractivity contribution in [3.63, 3.8) is 0 Å². The van der Waals surface area contributed by atoms with E-state index in [1.54, 1.807) is 0 Å². The number of hydrogen-bond donors (Lipinski definition) is 2. The summed E-state index contributed by atoms with van der Waals surface area (Å²) < 4.78 is 5.41. The highest BCUT2D eigenvalue weighted by atomic mass is 16.5. The van der Waals surface area contributed by atoms with E-state index in [4.69, 9.17) is 4.74 Å². The van der Waals surface area contributed by atoms with Gasteiger partial charge in [-0.1, -0.05) is 39.5 Å². The quantitative estimate of drug-likeness (QED) is 0.624. The Morgan fingerprint density at radius 1 is 1.33 bits per heavy atom. The summed E-state index contributed by atoms with van der Waals surface area (Å²) in [5.41, 5.74) is 0. The second-order valence-electron chi connectivity index (χ2n) is 5.76. The molecule has 0 radical (unpaired) electrons. The van der Waals surface area contributed by atoms with Gasteiger partial charge in [-0.2, -0.15) is 0 Å². The van der Waals surface area contributed by atoms with E-state index in [2.05, 4.69) is 19.2 Å². The molecule has 0 saturated heterocycles. The van der Waals surface area contributed by atoms with Gasteiger partial charge >= 0.3 is 0 Å². The summed E-state index contributed by atoms with van der Waals surface area (Å²) in [7, 11) is 0. The standard InChI is InChI=1S/C15H31NO2/c1-3-4-9-18-12-15(17)11-16-10-14-8-6-5-7-13(14)2/h13-17H,3-12H2,1-2H3. The molecule has 0 amide bonds. The Bertz CT molecular complexity index is 199. The van der Waals surface area contributed by atoms with Crippen molar-refractivity contribution in [2.24, 2.45) is 11.8 Å². The summed E-state index contributed by atoms with van der Waals surface area (Å²) in [4.78, 5) is 0. The van der Waals surface area contributed by atoms with E-state index in [1.807, 2.05) is 0 Å². The van der Waals surface area contributed by atoms with Gasteiger partial charge in [0.2, 0.25) is 0 Å². The molecule has 3 atom stereocenters. The number of ether oxygens (including phenoxy) is 1. The van der Waals surface area contributed by atoms with Crippen molar-refractivity contribution in [3.8, 4) is 0 Å². The fourth-order valence-corrected chi connectivity index (χ4v) is 2.66. The van der Waals surface area contributed by atoms with Crippen molar-refractivity contribution < 1.29 is 9.84 Å². The van der Waals surface area contributed by atoms with Crippen LogP contribution in [-0.4, -0.2) is 37.5 Å². The molecule has 1 aliphatic carbocycles. The van der Waals surface area contributed by atoms with Crippen LogP contribution in [0.4, 0.5) is 0 Å². The van der Waals surface area contributed by atoms with Gasteiger partial charge in [-0.15, -0.1) is 0 Å². The van der Waals surface area contributed by atoms with Crippen LogP contribution in [0.2, 0.25) is 0 Å². The molecule has 3 unspecified atom stereocenters. The first-order valence-electron chi connectivity index (χ1n) is 7.70. The molecule has 1 fully saturated rings. The van der Waals surface area contributed by atoms with Crippen LogP contribution >= 0.6 is 0 Å². The fraction of sp³-hybridized carbons (Fsp3) is 1.00. The molecule has 0 spiro atoms. The molecule has 0 aromatic carbocycles. The van der Waals surface area contributed by atoms with Crippen molar-refractivity contribution in [1.29, 1.82) is 0 Å². The topological polar surface area (TPSA) is 41.5 Å². The Morgan fingerprint density at radius 2 is 2.11 bits per heavy atom. The van der Waals surface area contributed by atoms with Crippen LogP contribution in [0.3, 0.4) is 0 Å². The van der Waals surface area contributed by atoms with Gasteiger partial charge in [0.1, 0.15) is 0 Å². The van der Waals surface area contributed by atoms with E-state index in [1.165, 1.54) is 25.7 Å². The van der Waals surface area contributed by atoms with Crippen LogP contribution in [0.25, 0.3) is 0 Å². The van der Waals surface area contributed by atoms with Gasteiger partial charge in [0.25, 0.3) is 0 Å². The molecule has 3 heteroatoms. The molecular weight excluding hydrogens is 226 g/mol. The van der Waals surface area contributed by atoms with E-state index in [-0.39, 0.29) is 6.10 Å². The van der Waals surface area contributed by atoms with Crippen LogP contribution in [0, 0.1) is 11.8 Å². The highest BCUT2D eigenvalue weighted by molar-refractivity contribution is 4.74. The van der Waals surface area contributed by atoms with E-state index in [9.17, 15) is 5.11 Å². The van der Waals surface area contributed by atoms with Gasteiger partial charge in [0, 0.05) is 13.2 Å². The molecule has 3 nitrogen and oxygen atoms in total. The van der Waals surface area contributed by atoms with Gasteiger partial charge in [0.15, 0.2) is 0 Å². The number of aliphatic hydroxyl groups excluding tert-OH is 1. The third kappa shape index (κ3) is 6.72. The smallest absolute Gasteiger partial charge is 0.0897 e. The molecule has 0 aliphatic heterocycles. The van der Waals surface area contributed by atoms with Crippen molar-refractivity contribution >= 4 is 0 Å². The van der Waals surface area contributed by atoms with E-state index in [0.717, 1.165) is 37.8 Å². The Labute approximate surface area is 112 Å². The largest absolute Gasteiger partial charge is 0.389 e. The molecule has 2 N–H and O–H groups in total. The lowest BCUT2D eigenvalue weighted by atomic mass is 9.80. The molecule has 0 aromatic heterocycles. The Hall–Kier alpha value is -0.120. The van der Waals surface area contributed by atoms with Crippen molar-refractivity contribution in [3.05, 3.63) is 0 Å². The number of aliphatic hydroxyl groups is 1. The Morgan fingerprint density at radius 3 is 2.83 bits per heavy atom. The summed E-state index contributed by atoms with van der Waals surface area (Å²) in [5.74, 6) is 1.64. The first-order chi connectivity index (χ1) is 8.74. The second-order valence-corrected chi connectivity index (χ2v) is 5.76. The zero-order valence-electron chi connectivity index (χ0n) is 12.2. The fourth-order valence-electron chi connectivity index (χ4n) is 2.66. The van der Waals surface area contributed by atoms with Gasteiger partial charge < -0.3 is 15.2 Å². The van der Waals surface area contributed by atoms with Gasteiger partial charge in [-0.25, -0.2) is 0 Å². The zero-order valence-corrected chi connectivity index (χ0v) is 12.2. The third-order valence-electron chi connectivity index (χ3n) is 4.03. The maximum Gasteiger partial charge on any atom is 0.0897 e. The normalized spacial score (nSPS) is 26.2. The van der Waals surface area contributed by atoms with Crippen molar-refractivity contribution in [2.45, 2.75) is 58.5 Å². The molecule has 108 valence electrons. The summed E-state index contributed by atoms with van der Waals surface area (Å²) in [6.45, 7) is 7.45. The minimum Gasteiger partial charge on any atom is -0.389 e. The highest BCUT2D eigenvalue weighted by Gasteiger charge is 2.20. The molecule has 0 aromatic rings. The predicted molar refractivity (Wildman–Crippen MR) is 75.7 cm³/mol. The molecule has 1 rings (SSSR count). The first-order valence-corrected chi connectivity index (χ1v) is 7.70. The van der Waals surface area contributed by atoms with Crippen LogP contribution in [-0.2, 0) is 4.74 Å². The van der Waals surface area contributed by atoms with Crippen molar-refractivity contribution in [2.75, 3.05) is 26.3 Å². The van der Waals surface area contributed by atoms with Crippen molar-refractivity contribution in [1.82, 2.24) is 5.32 Å². The maximum absolute atomic E-state index is 9.76. The minimum atomic E-state index is -0.360. The van der Waals surface area contributed by atoms with Gasteiger partial charge in [-0.3, -0.25) is 0 Å². The first kappa shape index (κ1) is 15.9. The van der Waals surface area contributed by atoms with Gasteiger partial charge in [-0.05, 0) is 31.2 Å². The Kier molecular flexibility index (Phi) is 8.64. The number of rotatable bonds is 9. The predicted octanol–water partition coefficient (Wildman–Crippen LogP) is 2.58.